The molecule has 0 bridgehead atoms. The molecule has 1 N–H and O–H groups in total. The standard InChI is InChI=1S/C19H22O2/c1-21-19-8-3-2-5-17(19)13-18(20)16-11-9-15(10-12-16)14-6-4-7-14/h2-3,5,8-12,14,18,20H,4,6-7,13H2,1H3. The molecular formula is C19H22O2. The van der Waals surface area contributed by atoms with E-state index in [4.69, 9.17) is 4.74 Å². The number of aliphatic hydroxyl groups is 1. The van der Waals surface area contributed by atoms with Crippen LogP contribution in [0.25, 0.3) is 0 Å². The molecule has 0 aliphatic heterocycles. The third kappa shape index (κ3) is 3.11. The molecule has 1 saturated carbocycles. The van der Waals surface area contributed by atoms with E-state index in [1.807, 2.05) is 24.3 Å². The van der Waals surface area contributed by atoms with Crippen molar-refractivity contribution in [3.63, 3.8) is 0 Å². The molecule has 21 heavy (non-hydrogen) atoms. The van der Waals surface area contributed by atoms with E-state index in [0.29, 0.717) is 6.42 Å². The lowest BCUT2D eigenvalue weighted by Crippen LogP contribution is -2.09. The first-order valence-electron chi connectivity index (χ1n) is 7.67. The Morgan fingerprint density at radius 1 is 1.10 bits per heavy atom. The first-order chi connectivity index (χ1) is 10.3. The Morgan fingerprint density at radius 3 is 2.43 bits per heavy atom. The van der Waals surface area contributed by atoms with Crippen LogP contribution in [-0.2, 0) is 6.42 Å². The van der Waals surface area contributed by atoms with E-state index in [-0.39, 0.29) is 0 Å². The molecule has 110 valence electrons. The quantitative estimate of drug-likeness (QED) is 0.889. The summed E-state index contributed by atoms with van der Waals surface area (Å²) in [5.74, 6) is 1.58. The van der Waals surface area contributed by atoms with Gasteiger partial charge in [-0.15, -0.1) is 0 Å². The fourth-order valence-corrected chi connectivity index (χ4v) is 2.93. The summed E-state index contributed by atoms with van der Waals surface area (Å²) in [5.41, 5.74) is 3.43. The SMILES string of the molecule is COc1ccccc1CC(O)c1ccc(C2CCC2)cc1. The van der Waals surface area contributed by atoms with Crippen LogP contribution in [-0.4, -0.2) is 12.2 Å². The molecule has 2 aromatic carbocycles. The zero-order valence-electron chi connectivity index (χ0n) is 12.5. The van der Waals surface area contributed by atoms with Crippen LogP contribution in [0.2, 0.25) is 0 Å². The molecule has 0 amide bonds. The molecule has 3 rings (SSSR count). The minimum absolute atomic E-state index is 0.489. The minimum atomic E-state index is -0.489. The lowest BCUT2D eigenvalue weighted by molar-refractivity contribution is 0.177. The van der Waals surface area contributed by atoms with Crippen molar-refractivity contribution in [2.75, 3.05) is 7.11 Å². The van der Waals surface area contributed by atoms with Crippen LogP contribution < -0.4 is 4.74 Å². The van der Waals surface area contributed by atoms with Crippen LogP contribution in [0, 0.1) is 0 Å². The molecule has 0 radical (unpaired) electrons. The molecule has 0 aromatic heterocycles. The second kappa shape index (κ2) is 6.31. The van der Waals surface area contributed by atoms with Gasteiger partial charge >= 0.3 is 0 Å². The van der Waals surface area contributed by atoms with Crippen molar-refractivity contribution < 1.29 is 9.84 Å². The van der Waals surface area contributed by atoms with Crippen molar-refractivity contribution in [1.29, 1.82) is 0 Å². The zero-order chi connectivity index (χ0) is 14.7. The summed E-state index contributed by atoms with van der Waals surface area (Å²) >= 11 is 0. The Balaban J connectivity index is 1.71. The Bertz CT molecular complexity index is 585. The third-order valence-electron chi connectivity index (χ3n) is 4.50. The van der Waals surface area contributed by atoms with Gasteiger partial charge in [0.1, 0.15) is 5.75 Å². The van der Waals surface area contributed by atoms with Gasteiger partial charge in [-0.1, -0.05) is 48.9 Å². The predicted molar refractivity (Wildman–Crippen MR) is 84.7 cm³/mol. The third-order valence-corrected chi connectivity index (χ3v) is 4.50. The highest BCUT2D eigenvalue weighted by Crippen LogP contribution is 2.36. The number of hydrogen-bond donors (Lipinski definition) is 1. The second-order valence-electron chi connectivity index (χ2n) is 5.83. The van der Waals surface area contributed by atoms with Crippen molar-refractivity contribution in [3.05, 3.63) is 65.2 Å². The second-order valence-corrected chi connectivity index (χ2v) is 5.83. The van der Waals surface area contributed by atoms with Crippen LogP contribution in [0.5, 0.6) is 5.75 Å². The summed E-state index contributed by atoms with van der Waals surface area (Å²) in [5, 5.41) is 10.4. The van der Waals surface area contributed by atoms with Gasteiger partial charge in [0.15, 0.2) is 0 Å². The average Bonchev–Trinajstić information content (AvgIpc) is 2.47. The van der Waals surface area contributed by atoms with Crippen LogP contribution in [0.3, 0.4) is 0 Å². The molecular weight excluding hydrogens is 260 g/mol. The summed E-state index contributed by atoms with van der Waals surface area (Å²) in [6.07, 6.45) is 4.05. The van der Waals surface area contributed by atoms with Crippen molar-refractivity contribution in [2.24, 2.45) is 0 Å². The van der Waals surface area contributed by atoms with Gasteiger partial charge in [-0.25, -0.2) is 0 Å². The van der Waals surface area contributed by atoms with Gasteiger partial charge < -0.3 is 9.84 Å². The van der Waals surface area contributed by atoms with Gasteiger partial charge in [0.2, 0.25) is 0 Å². The van der Waals surface area contributed by atoms with E-state index >= 15 is 0 Å². The van der Waals surface area contributed by atoms with E-state index in [1.165, 1.54) is 24.8 Å². The summed E-state index contributed by atoms with van der Waals surface area (Å²) in [4.78, 5) is 0. The van der Waals surface area contributed by atoms with Crippen molar-refractivity contribution in [2.45, 2.75) is 37.7 Å². The molecule has 2 nitrogen and oxygen atoms in total. The Morgan fingerprint density at radius 2 is 1.81 bits per heavy atom. The maximum Gasteiger partial charge on any atom is 0.122 e. The summed E-state index contributed by atoms with van der Waals surface area (Å²) in [6, 6.07) is 16.3. The molecule has 1 atom stereocenters. The van der Waals surface area contributed by atoms with Crippen molar-refractivity contribution >= 4 is 0 Å². The van der Waals surface area contributed by atoms with E-state index in [1.54, 1.807) is 7.11 Å². The number of benzene rings is 2. The van der Waals surface area contributed by atoms with Gasteiger partial charge in [-0.3, -0.25) is 0 Å². The van der Waals surface area contributed by atoms with Gasteiger partial charge in [0.25, 0.3) is 0 Å². The number of methoxy groups -OCH3 is 1. The fraction of sp³-hybridized carbons (Fsp3) is 0.368. The van der Waals surface area contributed by atoms with Crippen LogP contribution >= 0.6 is 0 Å². The van der Waals surface area contributed by atoms with Gasteiger partial charge in [-0.05, 0) is 41.5 Å². The largest absolute Gasteiger partial charge is 0.496 e. The normalized spacial score (nSPS) is 16.3. The van der Waals surface area contributed by atoms with Gasteiger partial charge in [-0.2, -0.15) is 0 Å². The summed E-state index contributed by atoms with van der Waals surface area (Å²) in [6.45, 7) is 0. The lowest BCUT2D eigenvalue weighted by Gasteiger charge is -2.26. The van der Waals surface area contributed by atoms with E-state index in [2.05, 4.69) is 24.3 Å². The topological polar surface area (TPSA) is 29.5 Å². The molecule has 2 aromatic rings. The van der Waals surface area contributed by atoms with E-state index < -0.39 is 6.10 Å². The van der Waals surface area contributed by atoms with E-state index in [0.717, 1.165) is 22.8 Å². The molecule has 2 heteroatoms. The van der Waals surface area contributed by atoms with Gasteiger partial charge in [0, 0.05) is 6.42 Å². The minimum Gasteiger partial charge on any atom is -0.496 e. The van der Waals surface area contributed by atoms with Crippen LogP contribution in [0.1, 0.15) is 48.0 Å². The summed E-state index contributed by atoms with van der Waals surface area (Å²) < 4.78 is 5.34. The lowest BCUT2D eigenvalue weighted by atomic mass is 9.80. The Kier molecular flexibility index (Phi) is 4.26. The first-order valence-corrected chi connectivity index (χ1v) is 7.67. The molecule has 1 unspecified atom stereocenters. The molecule has 0 spiro atoms. The highest BCUT2D eigenvalue weighted by atomic mass is 16.5. The first kappa shape index (κ1) is 14.2. The van der Waals surface area contributed by atoms with Crippen molar-refractivity contribution in [3.8, 4) is 5.75 Å². The highest BCUT2D eigenvalue weighted by Gasteiger charge is 2.19. The van der Waals surface area contributed by atoms with Crippen LogP contribution in [0.15, 0.2) is 48.5 Å². The number of ether oxygens (including phenoxy) is 1. The molecule has 1 aliphatic rings. The molecule has 1 fully saturated rings. The number of rotatable bonds is 5. The van der Waals surface area contributed by atoms with Crippen LogP contribution in [0.4, 0.5) is 0 Å². The molecule has 1 aliphatic carbocycles. The average molecular weight is 282 g/mol. The fourth-order valence-electron chi connectivity index (χ4n) is 2.93. The maximum atomic E-state index is 10.4. The maximum absolute atomic E-state index is 10.4. The van der Waals surface area contributed by atoms with E-state index in [9.17, 15) is 5.11 Å². The Hall–Kier alpha value is -1.80. The number of hydrogen-bond acceptors (Lipinski definition) is 2. The molecule has 0 heterocycles. The van der Waals surface area contributed by atoms with Crippen molar-refractivity contribution in [1.82, 2.24) is 0 Å². The Labute approximate surface area is 126 Å². The summed E-state index contributed by atoms with van der Waals surface area (Å²) in [7, 11) is 1.67. The monoisotopic (exact) mass is 282 g/mol. The number of aliphatic hydroxyl groups excluding tert-OH is 1. The highest BCUT2D eigenvalue weighted by molar-refractivity contribution is 5.35. The molecule has 0 saturated heterocycles. The number of para-hydroxylation sites is 1. The smallest absolute Gasteiger partial charge is 0.122 e. The predicted octanol–water partition coefficient (Wildman–Crippen LogP) is 4.24. The van der Waals surface area contributed by atoms with Gasteiger partial charge in [0.05, 0.1) is 13.2 Å². The zero-order valence-corrected chi connectivity index (χ0v) is 12.5.